The molecule has 2 aromatic rings. The maximum Gasteiger partial charge on any atom is 0.189 e. The number of nitrogens with zero attached hydrogens (tertiary/aromatic N) is 2. The van der Waals surface area contributed by atoms with Crippen molar-refractivity contribution in [3.05, 3.63) is 53.9 Å². The van der Waals surface area contributed by atoms with Crippen LogP contribution in [0.4, 0.5) is 0 Å². The second-order valence-electron chi connectivity index (χ2n) is 4.10. The van der Waals surface area contributed by atoms with E-state index in [1.54, 1.807) is 36.3 Å². The molecule has 19 heavy (non-hydrogen) atoms. The Labute approximate surface area is 112 Å². The van der Waals surface area contributed by atoms with Crippen LogP contribution in [0.15, 0.2) is 42.7 Å². The molecule has 0 radical (unpaired) electrons. The first-order chi connectivity index (χ1) is 9.19. The smallest absolute Gasteiger partial charge is 0.189 e. The Kier molecular flexibility index (Phi) is 4.13. The Morgan fingerprint density at radius 2 is 2.11 bits per heavy atom. The summed E-state index contributed by atoms with van der Waals surface area (Å²) in [5.74, 6) is 0.778. The Bertz CT molecular complexity index is 582. The fraction of sp³-hybridized carbons (Fsp3) is 0.200. The van der Waals surface area contributed by atoms with Gasteiger partial charge in [-0.1, -0.05) is 18.2 Å². The zero-order valence-corrected chi connectivity index (χ0v) is 11.0. The molecule has 0 N–H and O–H groups in total. The quantitative estimate of drug-likeness (QED) is 0.610. The highest BCUT2D eigenvalue weighted by atomic mass is 16.5. The van der Waals surface area contributed by atoms with Crippen LogP contribution in [-0.2, 0) is 7.05 Å². The molecule has 0 atom stereocenters. The average Bonchev–Trinajstić information content (AvgIpc) is 2.85. The van der Waals surface area contributed by atoms with E-state index in [2.05, 4.69) is 5.10 Å². The summed E-state index contributed by atoms with van der Waals surface area (Å²) in [6.45, 7) is 2.59. The van der Waals surface area contributed by atoms with Gasteiger partial charge in [-0.25, -0.2) is 0 Å². The number of hydrogen-bond donors (Lipinski definition) is 0. The van der Waals surface area contributed by atoms with Crippen LogP contribution in [0.5, 0.6) is 5.75 Å². The lowest BCUT2D eigenvalue weighted by Crippen LogP contribution is -1.92. The molecule has 1 aromatic heterocycles. The van der Waals surface area contributed by atoms with Crippen molar-refractivity contribution in [2.45, 2.75) is 6.92 Å². The van der Waals surface area contributed by atoms with Crippen molar-refractivity contribution in [3.8, 4) is 5.75 Å². The number of benzene rings is 1. The zero-order chi connectivity index (χ0) is 13.7. The minimum atomic E-state index is -0.0537. The third kappa shape index (κ3) is 3.55. The fourth-order valence-electron chi connectivity index (χ4n) is 1.66. The Morgan fingerprint density at radius 1 is 1.37 bits per heavy atom. The van der Waals surface area contributed by atoms with E-state index in [-0.39, 0.29) is 5.78 Å². The minimum absolute atomic E-state index is 0.0537. The lowest BCUT2D eigenvalue weighted by molar-refractivity contribution is 0.104. The summed E-state index contributed by atoms with van der Waals surface area (Å²) in [5, 5.41) is 3.97. The number of carbonyl (C=O) groups is 1. The van der Waals surface area contributed by atoms with E-state index in [1.807, 2.05) is 31.2 Å². The van der Waals surface area contributed by atoms with Crippen molar-refractivity contribution >= 4 is 11.9 Å². The van der Waals surface area contributed by atoms with Crippen LogP contribution < -0.4 is 4.74 Å². The van der Waals surface area contributed by atoms with E-state index in [1.165, 1.54) is 0 Å². The van der Waals surface area contributed by atoms with E-state index in [9.17, 15) is 4.79 Å². The SMILES string of the molecule is CCOc1ccc(C=CC(=O)c2cnn(C)c2)cc1. The number of carbonyl (C=O) groups excluding carboxylic acids is 1. The van der Waals surface area contributed by atoms with Gasteiger partial charge < -0.3 is 4.74 Å². The summed E-state index contributed by atoms with van der Waals surface area (Å²) < 4.78 is 6.97. The molecule has 0 unspecified atom stereocenters. The largest absolute Gasteiger partial charge is 0.494 e. The highest BCUT2D eigenvalue weighted by molar-refractivity contribution is 6.06. The fourth-order valence-corrected chi connectivity index (χ4v) is 1.66. The summed E-state index contributed by atoms with van der Waals surface area (Å²) >= 11 is 0. The number of allylic oxidation sites excluding steroid dienone is 1. The molecule has 1 heterocycles. The molecule has 0 amide bonds. The molecule has 0 aliphatic carbocycles. The van der Waals surface area contributed by atoms with Crippen LogP contribution in [0.2, 0.25) is 0 Å². The predicted molar refractivity (Wildman–Crippen MR) is 74.2 cm³/mol. The van der Waals surface area contributed by atoms with Crippen LogP contribution in [-0.4, -0.2) is 22.2 Å². The van der Waals surface area contributed by atoms with Gasteiger partial charge >= 0.3 is 0 Å². The number of aromatic nitrogens is 2. The van der Waals surface area contributed by atoms with Gasteiger partial charge in [0.15, 0.2) is 5.78 Å². The summed E-state index contributed by atoms with van der Waals surface area (Å²) in [4.78, 5) is 11.8. The first-order valence-electron chi connectivity index (χ1n) is 6.13. The highest BCUT2D eigenvalue weighted by Crippen LogP contribution is 2.13. The maximum absolute atomic E-state index is 11.8. The zero-order valence-electron chi connectivity index (χ0n) is 11.0. The molecular formula is C15H16N2O2. The topological polar surface area (TPSA) is 44.1 Å². The van der Waals surface area contributed by atoms with Crippen molar-refractivity contribution in [3.63, 3.8) is 0 Å². The van der Waals surface area contributed by atoms with Gasteiger partial charge in [0, 0.05) is 13.2 Å². The number of rotatable bonds is 5. The Balaban J connectivity index is 2.03. The molecule has 0 aliphatic heterocycles. The second-order valence-corrected chi connectivity index (χ2v) is 4.10. The van der Waals surface area contributed by atoms with Gasteiger partial charge in [-0.2, -0.15) is 5.10 Å². The first kappa shape index (κ1) is 13.1. The summed E-state index contributed by atoms with van der Waals surface area (Å²) in [7, 11) is 1.78. The molecule has 0 fully saturated rings. The van der Waals surface area contributed by atoms with E-state index in [0.29, 0.717) is 12.2 Å². The van der Waals surface area contributed by atoms with E-state index in [0.717, 1.165) is 11.3 Å². The number of hydrogen-bond acceptors (Lipinski definition) is 3. The van der Waals surface area contributed by atoms with Crippen molar-refractivity contribution in [2.24, 2.45) is 7.05 Å². The number of aryl methyl sites for hydroxylation is 1. The maximum atomic E-state index is 11.8. The molecule has 0 saturated heterocycles. The molecule has 0 aliphatic rings. The number of ether oxygens (including phenoxy) is 1. The van der Waals surface area contributed by atoms with Crippen molar-refractivity contribution < 1.29 is 9.53 Å². The molecule has 0 bridgehead atoms. The molecule has 4 nitrogen and oxygen atoms in total. The Morgan fingerprint density at radius 3 is 2.68 bits per heavy atom. The van der Waals surface area contributed by atoms with Gasteiger partial charge in [0.2, 0.25) is 0 Å². The molecule has 1 aromatic carbocycles. The summed E-state index contributed by atoms with van der Waals surface area (Å²) in [5.41, 5.74) is 1.55. The highest BCUT2D eigenvalue weighted by Gasteiger charge is 2.03. The van der Waals surface area contributed by atoms with Gasteiger partial charge in [0.1, 0.15) is 5.75 Å². The minimum Gasteiger partial charge on any atom is -0.494 e. The molecule has 0 spiro atoms. The van der Waals surface area contributed by atoms with Gasteiger partial charge in [-0.15, -0.1) is 0 Å². The second kappa shape index (κ2) is 6.00. The first-order valence-corrected chi connectivity index (χ1v) is 6.13. The van der Waals surface area contributed by atoms with E-state index in [4.69, 9.17) is 4.74 Å². The van der Waals surface area contributed by atoms with Crippen molar-refractivity contribution in [1.82, 2.24) is 9.78 Å². The standard InChI is InChI=1S/C15H16N2O2/c1-3-19-14-7-4-12(5-8-14)6-9-15(18)13-10-16-17(2)11-13/h4-11H,3H2,1-2H3. The third-order valence-electron chi connectivity index (χ3n) is 2.61. The Hall–Kier alpha value is -2.36. The molecule has 98 valence electrons. The summed E-state index contributed by atoms with van der Waals surface area (Å²) in [6.07, 6.45) is 6.59. The number of ketones is 1. The lowest BCUT2D eigenvalue weighted by Gasteiger charge is -2.02. The van der Waals surface area contributed by atoms with Crippen LogP contribution in [0.3, 0.4) is 0 Å². The van der Waals surface area contributed by atoms with Gasteiger partial charge in [0.05, 0.1) is 18.4 Å². The third-order valence-corrected chi connectivity index (χ3v) is 2.61. The van der Waals surface area contributed by atoms with E-state index < -0.39 is 0 Å². The van der Waals surface area contributed by atoms with Crippen molar-refractivity contribution in [1.29, 1.82) is 0 Å². The molecular weight excluding hydrogens is 240 g/mol. The normalized spacial score (nSPS) is 10.8. The molecule has 2 rings (SSSR count). The monoisotopic (exact) mass is 256 g/mol. The van der Waals surface area contributed by atoms with Crippen LogP contribution >= 0.6 is 0 Å². The van der Waals surface area contributed by atoms with Gasteiger partial charge in [-0.3, -0.25) is 9.48 Å². The van der Waals surface area contributed by atoms with Gasteiger partial charge in [0.25, 0.3) is 0 Å². The predicted octanol–water partition coefficient (Wildman–Crippen LogP) is 2.71. The van der Waals surface area contributed by atoms with Crippen molar-refractivity contribution in [2.75, 3.05) is 6.61 Å². The van der Waals surface area contributed by atoms with Crippen LogP contribution in [0, 0.1) is 0 Å². The van der Waals surface area contributed by atoms with Crippen LogP contribution in [0.1, 0.15) is 22.8 Å². The molecule has 0 saturated carbocycles. The summed E-state index contributed by atoms with van der Waals surface area (Å²) in [6, 6.07) is 7.60. The molecule has 4 heteroatoms. The average molecular weight is 256 g/mol. The van der Waals surface area contributed by atoms with E-state index >= 15 is 0 Å². The van der Waals surface area contributed by atoms with Gasteiger partial charge in [-0.05, 0) is 30.7 Å². The van der Waals surface area contributed by atoms with Crippen LogP contribution in [0.25, 0.3) is 6.08 Å². The lowest BCUT2D eigenvalue weighted by atomic mass is 10.1.